The lowest BCUT2D eigenvalue weighted by Gasteiger charge is -2.02. The van der Waals surface area contributed by atoms with Crippen molar-refractivity contribution in [3.05, 3.63) is 65.7 Å². The normalized spacial score (nSPS) is 10.5. The van der Waals surface area contributed by atoms with Crippen LogP contribution < -0.4 is 0 Å². The van der Waals surface area contributed by atoms with E-state index in [9.17, 15) is 0 Å². The Morgan fingerprint density at radius 2 is 1.33 bits per heavy atom. The summed E-state index contributed by atoms with van der Waals surface area (Å²) in [5.41, 5.74) is 3.51. The molecule has 0 N–H and O–H groups in total. The highest BCUT2D eigenvalue weighted by molar-refractivity contribution is 7.15. The standard InChI is InChI=1S/C16H13NS/c1-12-17-15(13-8-4-2-5-9-13)16(18-12)14-10-6-3-7-11-14/h2-11H,1H3. The first-order valence-electron chi connectivity index (χ1n) is 5.93. The van der Waals surface area contributed by atoms with E-state index in [1.165, 1.54) is 16.0 Å². The Labute approximate surface area is 111 Å². The van der Waals surface area contributed by atoms with E-state index in [0.29, 0.717) is 0 Å². The molecule has 0 bridgehead atoms. The summed E-state index contributed by atoms with van der Waals surface area (Å²) >= 11 is 1.75. The van der Waals surface area contributed by atoms with Crippen molar-refractivity contribution in [1.29, 1.82) is 0 Å². The first-order chi connectivity index (χ1) is 8.84. The highest BCUT2D eigenvalue weighted by atomic mass is 32.1. The average molecular weight is 251 g/mol. The predicted molar refractivity (Wildman–Crippen MR) is 77.7 cm³/mol. The molecular formula is C16H13NS. The Morgan fingerprint density at radius 3 is 1.94 bits per heavy atom. The molecule has 1 heterocycles. The van der Waals surface area contributed by atoms with E-state index in [2.05, 4.69) is 60.4 Å². The smallest absolute Gasteiger partial charge is 0.0908 e. The van der Waals surface area contributed by atoms with Crippen molar-refractivity contribution in [1.82, 2.24) is 4.98 Å². The number of benzene rings is 2. The van der Waals surface area contributed by atoms with Crippen molar-refractivity contribution in [2.45, 2.75) is 6.92 Å². The molecule has 1 aromatic heterocycles. The Balaban J connectivity index is 2.17. The highest BCUT2D eigenvalue weighted by Crippen LogP contribution is 2.36. The van der Waals surface area contributed by atoms with E-state index < -0.39 is 0 Å². The van der Waals surface area contributed by atoms with Crippen LogP contribution in [-0.4, -0.2) is 4.98 Å². The zero-order valence-electron chi connectivity index (χ0n) is 10.1. The molecule has 0 fully saturated rings. The molecule has 0 saturated heterocycles. The molecule has 0 saturated carbocycles. The van der Waals surface area contributed by atoms with E-state index in [0.717, 1.165) is 10.7 Å². The number of hydrogen-bond acceptors (Lipinski definition) is 2. The third-order valence-electron chi connectivity index (χ3n) is 2.82. The van der Waals surface area contributed by atoms with Gasteiger partial charge in [-0.25, -0.2) is 4.98 Å². The van der Waals surface area contributed by atoms with Gasteiger partial charge in [0.1, 0.15) is 0 Å². The fourth-order valence-corrected chi connectivity index (χ4v) is 2.95. The van der Waals surface area contributed by atoms with Gasteiger partial charge in [-0.15, -0.1) is 11.3 Å². The summed E-state index contributed by atoms with van der Waals surface area (Å²) in [5, 5.41) is 1.10. The molecular weight excluding hydrogens is 238 g/mol. The lowest BCUT2D eigenvalue weighted by atomic mass is 10.1. The van der Waals surface area contributed by atoms with Crippen LogP contribution in [0.3, 0.4) is 0 Å². The second kappa shape index (κ2) is 4.75. The van der Waals surface area contributed by atoms with Gasteiger partial charge in [0, 0.05) is 5.56 Å². The molecule has 2 heteroatoms. The van der Waals surface area contributed by atoms with E-state index >= 15 is 0 Å². The number of aryl methyl sites for hydroxylation is 1. The van der Waals surface area contributed by atoms with Crippen LogP contribution in [0.1, 0.15) is 5.01 Å². The number of aromatic nitrogens is 1. The van der Waals surface area contributed by atoms with Crippen LogP contribution >= 0.6 is 11.3 Å². The number of nitrogens with zero attached hydrogens (tertiary/aromatic N) is 1. The van der Waals surface area contributed by atoms with E-state index in [-0.39, 0.29) is 0 Å². The fourth-order valence-electron chi connectivity index (χ4n) is 2.00. The summed E-state index contributed by atoms with van der Waals surface area (Å²) in [6, 6.07) is 20.8. The van der Waals surface area contributed by atoms with Crippen molar-refractivity contribution in [2.75, 3.05) is 0 Å². The Morgan fingerprint density at radius 1 is 0.778 bits per heavy atom. The minimum Gasteiger partial charge on any atom is -0.241 e. The van der Waals surface area contributed by atoms with Gasteiger partial charge in [0.05, 0.1) is 15.6 Å². The lowest BCUT2D eigenvalue weighted by Crippen LogP contribution is -1.81. The zero-order chi connectivity index (χ0) is 12.4. The van der Waals surface area contributed by atoms with Gasteiger partial charge in [-0.1, -0.05) is 60.7 Å². The van der Waals surface area contributed by atoms with Crippen LogP contribution in [0.2, 0.25) is 0 Å². The van der Waals surface area contributed by atoms with E-state index in [1.54, 1.807) is 11.3 Å². The number of rotatable bonds is 2. The van der Waals surface area contributed by atoms with Crippen LogP contribution in [0.15, 0.2) is 60.7 Å². The second-order valence-corrected chi connectivity index (χ2v) is 5.35. The summed E-state index contributed by atoms with van der Waals surface area (Å²) < 4.78 is 0. The van der Waals surface area contributed by atoms with Crippen LogP contribution in [-0.2, 0) is 0 Å². The summed E-state index contributed by atoms with van der Waals surface area (Å²) in [6.07, 6.45) is 0. The molecule has 0 aliphatic heterocycles. The molecule has 0 amide bonds. The van der Waals surface area contributed by atoms with Gasteiger partial charge in [-0.2, -0.15) is 0 Å². The van der Waals surface area contributed by atoms with E-state index in [4.69, 9.17) is 0 Å². The largest absolute Gasteiger partial charge is 0.241 e. The molecule has 18 heavy (non-hydrogen) atoms. The molecule has 3 aromatic rings. The van der Waals surface area contributed by atoms with Gasteiger partial charge >= 0.3 is 0 Å². The third kappa shape index (κ3) is 2.07. The molecule has 3 rings (SSSR count). The van der Waals surface area contributed by atoms with Crippen molar-refractivity contribution in [3.63, 3.8) is 0 Å². The predicted octanol–water partition coefficient (Wildman–Crippen LogP) is 4.79. The maximum absolute atomic E-state index is 4.68. The maximum atomic E-state index is 4.68. The first kappa shape index (κ1) is 11.2. The molecule has 0 spiro atoms. The number of hydrogen-bond donors (Lipinski definition) is 0. The van der Waals surface area contributed by atoms with Gasteiger partial charge in [0.25, 0.3) is 0 Å². The second-order valence-electron chi connectivity index (χ2n) is 4.14. The third-order valence-corrected chi connectivity index (χ3v) is 3.84. The van der Waals surface area contributed by atoms with Crippen molar-refractivity contribution < 1.29 is 0 Å². The number of thiazole rings is 1. The minimum atomic E-state index is 1.09. The summed E-state index contributed by atoms with van der Waals surface area (Å²) in [4.78, 5) is 5.93. The van der Waals surface area contributed by atoms with Gasteiger partial charge in [-0.3, -0.25) is 0 Å². The van der Waals surface area contributed by atoms with Crippen LogP contribution in [0.4, 0.5) is 0 Å². The first-order valence-corrected chi connectivity index (χ1v) is 6.74. The zero-order valence-corrected chi connectivity index (χ0v) is 10.9. The average Bonchev–Trinajstić information content (AvgIpc) is 2.83. The molecule has 88 valence electrons. The maximum Gasteiger partial charge on any atom is 0.0908 e. The summed E-state index contributed by atoms with van der Waals surface area (Å²) in [5.74, 6) is 0. The Bertz CT molecular complexity index is 584. The molecule has 0 atom stereocenters. The summed E-state index contributed by atoms with van der Waals surface area (Å²) in [6.45, 7) is 2.06. The van der Waals surface area contributed by atoms with Crippen LogP contribution in [0.5, 0.6) is 0 Å². The quantitative estimate of drug-likeness (QED) is 0.638. The fraction of sp³-hybridized carbons (Fsp3) is 0.0625. The van der Waals surface area contributed by atoms with Crippen LogP contribution in [0.25, 0.3) is 21.7 Å². The van der Waals surface area contributed by atoms with Gasteiger partial charge in [0.2, 0.25) is 0 Å². The molecule has 0 aliphatic rings. The Hall–Kier alpha value is -1.93. The van der Waals surface area contributed by atoms with Crippen LogP contribution in [0, 0.1) is 6.92 Å². The van der Waals surface area contributed by atoms with Gasteiger partial charge in [-0.05, 0) is 12.5 Å². The van der Waals surface area contributed by atoms with Gasteiger partial charge < -0.3 is 0 Å². The molecule has 2 aromatic carbocycles. The van der Waals surface area contributed by atoms with E-state index in [1.807, 2.05) is 12.1 Å². The topological polar surface area (TPSA) is 12.9 Å². The molecule has 0 radical (unpaired) electrons. The Kier molecular flexibility index (Phi) is 2.95. The molecule has 0 aliphatic carbocycles. The van der Waals surface area contributed by atoms with Crippen molar-refractivity contribution in [2.24, 2.45) is 0 Å². The molecule has 1 nitrogen and oxygen atoms in total. The minimum absolute atomic E-state index is 1.09. The van der Waals surface area contributed by atoms with Gasteiger partial charge in [0.15, 0.2) is 0 Å². The SMILES string of the molecule is Cc1nc(-c2ccccc2)c(-c2ccccc2)s1. The lowest BCUT2D eigenvalue weighted by molar-refractivity contribution is 1.30. The monoisotopic (exact) mass is 251 g/mol. The highest BCUT2D eigenvalue weighted by Gasteiger charge is 2.12. The summed E-state index contributed by atoms with van der Waals surface area (Å²) in [7, 11) is 0. The van der Waals surface area contributed by atoms with Crippen molar-refractivity contribution >= 4 is 11.3 Å². The van der Waals surface area contributed by atoms with Crippen molar-refractivity contribution in [3.8, 4) is 21.7 Å². The molecule has 0 unspecified atom stereocenters.